The Balaban J connectivity index is 1.62. The molecule has 0 fully saturated rings. The topological polar surface area (TPSA) is 57.1 Å². The van der Waals surface area contributed by atoms with Gasteiger partial charge >= 0.3 is 0 Å². The Hall–Kier alpha value is -2.56. The van der Waals surface area contributed by atoms with Crippen LogP contribution in [0.15, 0.2) is 35.5 Å². The Labute approximate surface area is 153 Å². The molecule has 0 saturated heterocycles. The maximum Gasteiger partial charge on any atom is 0.150 e. The summed E-state index contributed by atoms with van der Waals surface area (Å²) in [6, 6.07) is 9.74. The molecule has 1 unspecified atom stereocenters. The van der Waals surface area contributed by atoms with Gasteiger partial charge in [0.15, 0.2) is 0 Å². The Morgan fingerprint density at radius 2 is 2.08 bits per heavy atom. The van der Waals surface area contributed by atoms with E-state index < -0.39 is 0 Å². The van der Waals surface area contributed by atoms with Gasteiger partial charge in [0.05, 0.1) is 13.7 Å². The lowest BCUT2D eigenvalue weighted by Gasteiger charge is -2.35. The standard InChI is InChI=1S/C21H23NO4/c1-21(2)9-8-16-18(26-21)6-5-14-10-15(12-25-20(14)16)13-4-7-19(24-3)17(11-13)22-23/h4-7,11,15H,8-10,12H2,1-3H3. The van der Waals surface area contributed by atoms with E-state index in [1.165, 1.54) is 18.2 Å². The van der Waals surface area contributed by atoms with E-state index in [1.54, 1.807) is 12.1 Å². The van der Waals surface area contributed by atoms with Crippen molar-refractivity contribution >= 4 is 5.69 Å². The largest absolute Gasteiger partial charge is 0.494 e. The zero-order chi connectivity index (χ0) is 18.3. The first kappa shape index (κ1) is 16.9. The van der Waals surface area contributed by atoms with Crippen molar-refractivity contribution in [2.45, 2.75) is 44.6 Å². The quantitative estimate of drug-likeness (QED) is 0.735. The molecule has 136 valence electrons. The van der Waals surface area contributed by atoms with Crippen LogP contribution >= 0.6 is 0 Å². The smallest absolute Gasteiger partial charge is 0.150 e. The monoisotopic (exact) mass is 353 g/mol. The third-order valence-corrected chi connectivity index (χ3v) is 5.33. The minimum Gasteiger partial charge on any atom is -0.494 e. The van der Waals surface area contributed by atoms with Gasteiger partial charge in [-0.25, -0.2) is 0 Å². The fourth-order valence-electron chi connectivity index (χ4n) is 3.86. The molecule has 0 aliphatic carbocycles. The lowest BCUT2D eigenvalue weighted by Crippen LogP contribution is -2.33. The van der Waals surface area contributed by atoms with Gasteiger partial charge in [-0.1, -0.05) is 12.1 Å². The molecule has 0 radical (unpaired) electrons. The summed E-state index contributed by atoms with van der Waals surface area (Å²) in [4.78, 5) is 11.1. The maximum absolute atomic E-state index is 11.1. The zero-order valence-corrected chi connectivity index (χ0v) is 15.4. The zero-order valence-electron chi connectivity index (χ0n) is 15.4. The molecule has 2 heterocycles. The first-order valence-electron chi connectivity index (χ1n) is 8.98. The summed E-state index contributed by atoms with van der Waals surface area (Å²) in [5.74, 6) is 2.61. The summed E-state index contributed by atoms with van der Waals surface area (Å²) < 4.78 is 17.5. The van der Waals surface area contributed by atoms with Crippen LogP contribution in [0, 0.1) is 4.91 Å². The summed E-state index contributed by atoms with van der Waals surface area (Å²) in [5.41, 5.74) is 3.63. The summed E-state index contributed by atoms with van der Waals surface area (Å²) >= 11 is 0. The Bertz CT molecular complexity index is 859. The van der Waals surface area contributed by atoms with Crippen molar-refractivity contribution in [2.24, 2.45) is 5.18 Å². The van der Waals surface area contributed by atoms with E-state index in [2.05, 4.69) is 31.2 Å². The lowest BCUT2D eigenvalue weighted by molar-refractivity contribution is 0.0827. The van der Waals surface area contributed by atoms with Crippen molar-refractivity contribution in [3.05, 3.63) is 51.9 Å². The third kappa shape index (κ3) is 2.91. The molecule has 2 aromatic rings. The van der Waals surface area contributed by atoms with Crippen LogP contribution in [0.3, 0.4) is 0 Å². The number of rotatable bonds is 3. The fraction of sp³-hybridized carbons (Fsp3) is 0.429. The molecule has 1 atom stereocenters. The van der Waals surface area contributed by atoms with E-state index >= 15 is 0 Å². The summed E-state index contributed by atoms with van der Waals surface area (Å²) in [7, 11) is 1.54. The van der Waals surface area contributed by atoms with Crippen molar-refractivity contribution < 1.29 is 14.2 Å². The Kier molecular flexibility index (Phi) is 4.10. The predicted molar refractivity (Wildman–Crippen MR) is 99.9 cm³/mol. The molecule has 4 rings (SSSR count). The summed E-state index contributed by atoms with van der Waals surface area (Å²) in [6.45, 7) is 4.82. The number of hydrogen-bond acceptors (Lipinski definition) is 5. The van der Waals surface area contributed by atoms with Crippen LogP contribution in [0.1, 0.15) is 42.9 Å². The van der Waals surface area contributed by atoms with Gasteiger partial charge in [-0.3, -0.25) is 0 Å². The minimum atomic E-state index is -0.125. The molecule has 2 aliphatic heterocycles. The highest BCUT2D eigenvalue weighted by atomic mass is 16.5. The second-order valence-corrected chi connectivity index (χ2v) is 7.63. The van der Waals surface area contributed by atoms with E-state index in [0.29, 0.717) is 18.0 Å². The molecule has 0 saturated carbocycles. The fourth-order valence-corrected chi connectivity index (χ4v) is 3.86. The van der Waals surface area contributed by atoms with Crippen molar-refractivity contribution in [2.75, 3.05) is 13.7 Å². The van der Waals surface area contributed by atoms with Gasteiger partial charge in [0.2, 0.25) is 0 Å². The lowest BCUT2D eigenvalue weighted by atomic mass is 9.86. The summed E-state index contributed by atoms with van der Waals surface area (Å²) in [5, 5.41) is 3.08. The Morgan fingerprint density at radius 1 is 1.23 bits per heavy atom. The highest BCUT2D eigenvalue weighted by Crippen LogP contribution is 2.44. The molecular weight excluding hydrogens is 330 g/mol. The number of methoxy groups -OCH3 is 1. The van der Waals surface area contributed by atoms with E-state index in [9.17, 15) is 4.91 Å². The molecule has 2 aromatic carbocycles. The van der Waals surface area contributed by atoms with Gasteiger partial charge in [-0.15, -0.1) is 4.91 Å². The number of hydrogen-bond donors (Lipinski definition) is 0. The molecule has 0 aromatic heterocycles. The third-order valence-electron chi connectivity index (χ3n) is 5.33. The van der Waals surface area contributed by atoms with Gasteiger partial charge in [0, 0.05) is 11.5 Å². The highest BCUT2D eigenvalue weighted by Gasteiger charge is 2.32. The van der Waals surface area contributed by atoms with E-state index in [-0.39, 0.29) is 11.5 Å². The second-order valence-electron chi connectivity index (χ2n) is 7.63. The highest BCUT2D eigenvalue weighted by molar-refractivity contribution is 5.56. The first-order chi connectivity index (χ1) is 12.5. The van der Waals surface area contributed by atoms with Crippen molar-refractivity contribution in [1.29, 1.82) is 0 Å². The molecular formula is C21H23NO4. The van der Waals surface area contributed by atoms with E-state index in [4.69, 9.17) is 14.2 Å². The molecule has 26 heavy (non-hydrogen) atoms. The van der Waals surface area contributed by atoms with Crippen molar-refractivity contribution in [1.82, 2.24) is 0 Å². The van der Waals surface area contributed by atoms with Gasteiger partial charge in [-0.05, 0) is 67.6 Å². The molecule has 5 nitrogen and oxygen atoms in total. The van der Waals surface area contributed by atoms with Gasteiger partial charge in [-0.2, -0.15) is 0 Å². The van der Waals surface area contributed by atoms with Crippen LogP contribution in [0.5, 0.6) is 17.2 Å². The van der Waals surface area contributed by atoms with Gasteiger partial charge in [0.25, 0.3) is 0 Å². The number of nitrogens with zero attached hydrogens (tertiary/aromatic N) is 1. The van der Waals surface area contributed by atoms with Crippen LogP contribution in [0.2, 0.25) is 0 Å². The number of fused-ring (bicyclic) bond motifs is 3. The second kappa shape index (κ2) is 6.31. The SMILES string of the molecule is COc1ccc(C2COc3c(ccc4c3CCC(C)(C)O4)C2)cc1N=O. The van der Waals surface area contributed by atoms with Crippen LogP contribution in [0.4, 0.5) is 5.69 Å². The van der Waals surface area contributed by atoms with Gasteiger partial charge in [0.1, 0.15) is 28.5 Å². The molecule has 5 heteroatoms. The van der Waals surface area contributed by atoms with E-state index in [1.807, 2.05) is 6.07 Å². The van der Waals surface area contributed by atoms with Crippen molar-refractivity contribution in [3.63, 3.8) is 0 Å². The minimum absolute atomic E-state index is 0.125. The maximum atomic E-state index is 11.1. The molecule has 0 N–H and O–H groups in total. The normalized spacial score (nSPS) is 20.2. The van der Waals surface area contributed by atoms with Crippen LogP contribution in [-0.2, 0) is 12.8 Å². The first-order valence-corrected chi connectivity index (χ1v) is 8.98. The molecule has 0 spiro atoms. The average Bonchev–Trinajstić information content (AvgIpc) is 2.65. The average molecular weight is 353 g/mol. The van der Waals surface area contributed by atoms with Gasteiger partial charge < -0.3 is 14.2 Å². The molecule has 0 amide bonds. The Morgan fingerprint density at radius 3 is 2.85 bits per heavy atom. The predicted octanol–water partition coefficient (Wildman–Crippen LogP) is 4.92. The molecule has 2 aliphatic rings. The van der Waals surface area contributed by atoms with Crippen LogP contribution < -0.4 is 14.2 Å². The number of nitroso groups, excluding NO2 is 1. The van der Waals surface area contributed by atoms with Crippen LogP contribution in [-0.4, -0.2) is 19.3 Å². The van der Waals surface area contributed by atoms with E-state index in [0.717, 1.165) is 36.3 Å². The summed E-state index contributed by atoms with van der Waals surface area (Å²) in [6.07, 6.45) is 2.82. The number of ether oxygens (including phenoxy) is 3. The number of benzene rings is 2. The van der Waals surface area contributed by atoms with Crippen LogP contribution in [0.25, 0.3) is 0 Å². The van der Waals surface area contributed by atoms with Crippen molar-refractivity contribution in [3.8, 4) is 17.2 Å². The molecule has 0 bridgehead atoms.